The number of hydrogen-bond donors (Lipinski definition) is 3. The van der Waals surface area contributed by atoms with Crippen LogP contribution in [0.4, 0.5) is 0 Å². The van der Waals surface area contributed by atoms with Gasteiger partial charge in [0.05, 0.1) is 6.61 Å². The minimum atomic E-state index is -1.41. The van der Waals surface area contributed by atoms with Gasteiger partial charge in [-0.15, -0.1) is 0 Å². The van der Waals surface area contributed by atoms with E-state index >= 15 is 0 Å². The second-order valence-electron chi connectivity index (χ2n) is 10.4. The summed E-state index contributed by atoms with van der Waals surface area (Å²) in [7, 11) is 0. The molecule has 0 bridgehead atoms. The number of carbonyl (C=O) groups is 2. The molecule has 2 aliphatic rings. The Morgan fingerprint density at radius 1 is 1.12 bits per heavy atom. The zero-order chi connectivity index (χ0) is 24.7. The van der Waals surface area contributed by atoms with Gasteiger partial charge in [-0.2, -0.15) is 0 Å². The fourth-order valence-corrected chi connectivity index (χ4v) is 5.02. The summed E-state index contributed by atoms with van der Waals surface area (Å²) in [4.78, 5) is 39.3. The molecule has 1 aromatic rings. The number of aliphatic hydroxyl groups is 2. The molecular weight excluding hydrogens is 436 g/mol. The van der Waals surface area contributed by atoms with E-state index in [1.54, 1.807) is 6.07 Å². The van der Waals surface area contributed by atoms with Crippen LogP contribution in [0.15, 0.2) is 10.9 Å². The summed E-state index contributed by atoms with van der Waals surface area (Å²) in [6, 6.07) is 1.73. The van der Waals surface area contributed by atoms with Gasteiger partial charge in [0, 0.05) is 12.2 Å². The van der Waals surface area contributed by atoms with Gasteiger partial charge in [-0.25, -0.2) is 4.79 Å². The van der Waals surface area contributed by atoms with Gasteiger partial charge in [0.1, 0.15) is 23.8 Å². The Morgan fingerprint density at radius 3 is 2.44 bits per heavy atom. The number of nitrogens with zero attached hydrogens (tertiary/aromatic N) is 1. The van der Waals surface area contributed by atoms with Crippen molar-refractivity contribution in [2.24, 2.45) is 5.92 Å². The number of ether oxygens (including phenoxy) is 1. The lowest BCUT2D eigenvalue weighted by atomic mass is 9.88. The molecule has 2 aliphatic carbocycles. The third-order valence-corrected chi connectivity index (χ3v) is 7.06. The molecule has 3 N–H and O–H groups in total. The van der Waals surface area contributed by atoms with Crippen molar-refractivity contribution in [3.63, 3.8) is 0 Å². The van der Waals surface area contributed by atoms with Crippen LogP contribution in [0.1, 0.15) is 93.3 Å². The number of fused-ring (bicyclic) bond motifs is 1. The van der Waals surface area contributed by atoms with E-state index in [0.29, 0.717) is 12.5 Å². The molecule has 1 amide bonds. The molecule has 1 aromatic heterocycles. The summed E-state index contributed by atoms with van der Waals surface area (Å²) in [6.07, 6.45) is 10.7. The van der Waals surface area contributed by atoms with Gasteiger partial charge in [-0.1, -0.05) is 32.1 Å². The number of amides is 1. The van der Waals surface area contributed by atoms with E-state index in [-0.39, 0.29) is 17.7 Å². The van der Waals surface area contributed by atoms with E-state index in [4.69, 9.17) is 9.84 Å². The normalized spacial score (nSPS) is 18.4. The summed E-state index contributed by atoms with van der Waals surface area (Å²) in [6.45, 7) is 2.73. The number of esters is 1. The second-order valence-corrected chi connectivity index (χ2v) is 10.4. The SMILES string of the molecule is CC(C)(NC(=O)c1cc2c(n(CC3CCCCC3)c1=O)CCCCCC2)C(=O)OCC(O)CO. The van der Waals surface area contributed by atoms with Gasteiger partial charge in [0.25, 0.3) is 11.5 Å². The van der Waals surface area contributed by atoms with Crippen LogP contribution in [0.25, 0.3) is 0 Å². The molecule has 1 heterocycles. The van der Waals surface area contributed by atoms with Crippen LogP contribution in [0.5, 0.6) is 0 Å². The number of pyridine rings is 1. The Labute approximate surface area is 201 Å². The fraction of sp³-hybridized carbons (Fsp3) is 0.731. The van der Waals surface area contributed by atoms with Gasteiger partial charge in [0.15, 0.2) is 0 Å². The molecule has 8 nitrogen and oxygen atoms in total. The monoisotopic (exact) mass is 476 g/mol. The Morgan fingerprint density at radius 2 is 1.76 bits per heavy atom. The zero-order valence-corrected chi connectivity index (χ0v) is 20.6. The smallest absolute Gasteiger partial charge is 0.331 e. The Kier molecular flexibility index (Phi) is 9.31. The van der Waals surface area contributed by atoms with Crippen LogP contribution in [-0.2, 0) is 28.9 Å². The van der Waals surface area contributed by atoms with Crippen molar-refractivity contribution in [1.29, 1.82) is 0 Å². The van der Waals surface area contributed by atoms with Crippen molar-refractivity contribution in [2.45, 2.75) is 103 Å². The van der Waals surface area contributed by atoms with Gasteiger partial charge in [-0.3, -0.25) is 9.59 Å². The highest BCUT2D eigenvalue weighted by molar-refractivity contribution is 5.97. The van der Waals surface area contributed by atoms with Crippen molar-refractivity contribution in [3.8, 4) is 0 Å². The average molecular weight is 477 g/mol. The maximum Gasteiger partial charge on any atom is 0.331 e. The highest BCUT2D eigenvalue weighted by atomic mass is 16.5. The van der Waals surface area contributed by atoms with Crippen molar-refractivity contribution >= 4 is 11.9 Å². The molecule has 1 unspecified atom stereocenters. The van der Waals surface area contributed by atoms with Crippen LogP contribution in [0.2, 0.25) is 0 Å². The molecule has 34 heavy (non-hydrogen) atoms. The average Bonchev–Trinajstić information content (AvgIpc) is 2.80. The zero-order valence-electron chi connectivity index (χ0n) is 20.6. The highest BCUT2D eigenvalue weighted by Crippen LogP contribution is 2.27. The standard InChI is InChI=1S/C26H40N2O6/c1-26(2,25(33)34-17-20(30)16-29)27-23(31)21-14-19-12-8-3-4-9-13-22(19)28(24(21)32)15-18-10-6-5-7-11-18/h14,18,20,29-30H,3-13,15-17H2,1-2H3,(H,27,31). The molecule has 190 valence electrons. The lowest BCUT2D eigenvalue weighted by Gasteiger charge is -2.28. The first-order valence-electron chi connectivity index (χ1n) is 12.8. The number of rotatable bonds is 8. The van der Waals surface area contributed by atoms with E-state index in [1.165, 1.54) is 33.1 Å². The van der Waals surface area contributed by atoms with Gasteiger partial charge >= 0.3 is 5.97 Å². The summed E-state index contributed by atoms with van der Waals surface area (Å²) in [5, 5.41) is 21.0. The van der Waals surface area contributed by atoms with Crippen molar-refractivity contribution in [3.05, 3.63) is 33.2 Å². The molecule has 3 rings (SSSR count). The first-order chi connectivity index (χ1) is 16.2. The molecule has 0 spiro atoms. The van der Waals surface area contributed by atoms with Crippen molar-refractivity contribution in [2.75, 3.05) is 13.2 Å². The summed E-state index contributed by atoms with van der Waals surface area (Å²) >= 11 is 0. The number of hydrogen-bond acceptors (Lipinski definition) is 6. The summed E-state index contributed by atoms with van der Waals surface area (Å²) in [5.74, 6) is -0.900. The lowest BCUT2D eigenvalue weighted by Crippen LogP contribution is -2.52. The molecule has 1 atom stereocenters. The Hall–Kier alpha value is -2.19. The number of aliphatic hydroxyl groups excluding tert-OH is 2. The van der Waals surface area contributed by atoms with Gasteiger partial charge in [0.2, 0.25) is 0 Å². The van der Waals surface area contributed by atoms with Crippen LogP contribution in [-0.4, -0.2) is 51.5 Å². The predicted octanol–water partition coefficient (Wildman–Crippen LogP) is 2.49. The first kappa shape index (κ1) is 26.4. The third-order valence-electron chi connectivity index (χ3n) is 7.06. The molecule has 0 aliphatic heterocycles. The quantitative estimate of drug-likeness (QED) is 0.496. The van der Waals surface area contributed by atoms with Gasteiger partial charge < -0.3 is 24.8 Å². The Balaban J connectivity index is 1.88. The maximum atomic E-state index is 13.6. The number of carbonyl (C=O) groups excluding carboxylic acids is 2. The molecule has 8 heteroatoms. The van der Waals surface area contributed by atoms with E-state index in [2.05, 4.69) is 5.32 Å². The number of nitrogens with one attached hydrogen (secondary N) is 1. The highest BCUT2D eigenvalue weighted by Gasteiger charge is 2.33. The fourth-order valence-electron chi connectivity index (χ4n) is 5.02. The second kappa shape index (κ2) is 12.0. The summed E-state index contributed by atoms with van der Waals surface area (Å²) in [5.41, 5.74) is 0.501. The minimum Gasteiger partial charge on any atom is -0.461 e. The first-order valence-corrected chi connectivity index (χ1v) is 12.8. The van der Waals surface area contributed by atoms with Crippen molar-refractivity contribution in [1.82, 2.24) is 9.88 Å². The van der Waals surface area contributed by atoms with Crippen LogP contribution < -0.4 is 10.9 Å². The molecule has 1 saturated carbocycles. The van der Waals surface area contributed by atoms with Gasteiger partial charge in [-0.05, 0) is 69.9 Å². The predicted molar refractivity (Wildman–Crippen MR) is 129 cm³/mol. The molecule has 0 radical (unpaired) electrons. The van der Waals surface area contributed by atoms with E-state index in [1.807, 2.05) is 4.57 Å². The molecule has 0 saturated heterocycles. The van der Waals surface area contributed by atoms with E-state index in [0.717, 1.165) is 62.6 Å². The van der Waals surface area contributed by atoms with E-state index in [9.17, 15) is 19.5 Å². The third kappa shape index (κ3) is 6.69. The Bertz CT molecular complexity index is 917. The molecule has 0 aromatic carbocycles. The largest absolute Gasteiger partial charge is 0.461 e. The van der Waals surface area contributed by atoms with Crippen LogP contribution in [0, 0.1) is 5.92 Å². The lowest BCUT2D eigenvalue weighted by molar-refractivity contribution is -0.153. The number of aryl methyl sites for hydroxylation is 1. The van der Waals surface area contributed by atoms with Crippen LogP contribution in [0.3, 0.4) is 0 Å². The number of aromatic nitrogens is 1. The maximum absolute atomic E-state index is 13.6. The van der Waals surface area contributed by atoms with Crippen molar-refractivity contribution < 1.29 is 24.5 Å². The summed E-state index contributed by atoms with van der Waals surface area (Å²) < 4.78 is 6.88. The minimum absolute atomic E-state index is 0.0615. The topological polar surface area (TPSA) is 118 Å². The van der Waals surface area contributed by atoms with Crippen LogP contribution >= 0.6 is 0 Å². The van der Waals surface area contributed by atoms with E-state index < -0.39 is 30.1 Å². The molecule has 1 fully saturated rings. The molecular formula is C26H40N2O6.